The van der Waals surface area contributed by atoms with Crippen molar-refractivity contribution in [2.24, 2.45) is 0 Å². The van der Waals surface area contributed by atoms with Gasteiger partial charge in [0.1, 0.15) is 12.2 Å². The smallest absolute Gasteiger partial charge is 0.367 e. The maximum Gasteiger partial charge on any atom is 0.397 e. The average molecular weight is 347 g/mol. The fraction of sp³-hybridized carbons (Fsp3) is 0.562. The number of alkyl halides is 3. The number of nitrogens with zero attached hydrogens (tertiary/aromatic N) is 2. The second-order valence-corrected chi connectivity index (χ2v) is 5.78. The van der Waals surface area contributed by atoms with Crippen molar-refractivity contribution in [1.29, 1.82) is 0 Å². The number of halogens is 4. The van der Waals surface area contributed by atoms with Crippen LogP contribution in [0.2, 0.25) is 0 Å². The highest BCUT2D eigenvalue weighted by Crippen LogP contribution is 2.20. The van der Waals surface area contributed by atoms with E-state index in [9.17, 15) is 22.4 Å². The molecule has 1 saturated heterocycles. The third-order valence-electron chi connectivity index (χ3n) is 3.90. The zero-order chi connectivity index (χ0) is 17.6. The van der Waals surface area contributed by atoms with Gasteiger partial charge in [0.25, 0.3) is 0 Å². The molecule has 0 saturated carbocycles. The maximum absolute atomic E-state index is 13.7. The first-order valence-electron chi connectivity index (χ1n) is 7.90. The van der Waals surface area contributed by atoms with Gasteiger partial charge in [0.15, 0.2) is 0 Å². The van der Waals surface area contributed by atoms with E-state index in [2.05, 4.69) is 10.2 Å². The lowest BCUT2D eigenvalue weighted by atomic mass is 10.2. The van der Waals surface area contributed by atoms with Gasteiger partial charge >= 0.3 is 6.18 Å². The second kappa shape index (κ2) is 8.32. The van der Waals surface area contributed by atoms with Crippen molar-refractivity contribution in [1.82, 2.24) is 10.2 Å². The molecule has 0 unspecified atom stereocenters. The van der Waals surface area contributed by atoms with Crippen LogP contribution >= 0.6 is 0 Å². The topological polar surface area (TPSA) is 35.6 Å². The Balaban J connectivity index is 1.64. The number of rotatable bonds is 6. The number of hydrogen-bond donors (Lipinski definition) is 1. The number of anilines is 1. The molecule has 1 heterocycles. The lowest BCUT2D eigenvalue weighted by Crippen LogP contribution is -2.47. The molecule has 0 aliphatic carbocycles. The van der Waals surface area contributed by atoms with Crippen molar-refractivity contribution in [3.8, 4) is 0 Å². The largest absolute Gasteiger partial charge is 0.397 e. The van der Waals surface area contributed by atoms with E-state index in [1.54, 1.807) is 18.2 Å². The number of carbonyl (C=O) groups is 1. The van der Waals surface area contributed by atoms with Crippen LogP contribution in [0.25, 0.3) is 0 Å². The molecule has 1 fully saturated rings. The number of benzene rings is 1. The lowest BCUT2D eigenvalue weighted by molar-refractivity contribution is -0.153. The van der Waals surface area contributed by atoms with E-state index in [4.69, 9.17) is 0 Å². The first kappa shape index (κ1) is 18.5. The fourth-order valence-corrected chi connectivity index (χ4v) is 2.70. The second-order valence-electron chi connectivity index (χ2n) is 5.78. The summed E-state index contributed by atoms with van der Waals surface area (Å²) in [5, 5.41) is 2.28. The summed E-state index contributed by atoms with van der Waals surface area (Å²) in [7, 11) is 0. The molecule has 0 aromatic heterocycles. The van der Waals surface area contributed by atoms with Crippen LogP contribution in [0.4, 0.5) is 23.2 Å². The molecule has 0 bridgehead atoms. The third kappa shape index (κ3) is 5.99. The Labute approximate surface area is 138 Å². The van der Waals surface area contributed by atoms with Gasteiger partial charge in [-0.15, -0.1) is 0 Å². The van der Waals surface area contributed by atoms with E-state index in [0.717, 1.165) is 13.1 Å². The van der Waals surface area contributed by atoms with Crippen LogP contribution < -0.4 is 10.2 Å². The highest BCUT2D eigenvalue weighted by molar-refractivity contribution is 5.76. The van der Waals surface area contributed by atoms with Crippen LogP contribution in [0, 0.1) is 5.82 Å². The van der Waals surface area contributed by atoms with E-state index < -0.39 is 18.5 Å². The van der Waals surface area contributed by atoms with E-state index >= 15 is 0 Å². The highest BCUT2D eigenvalue weighted by Gasteiger charge is 2.30. The molecule has 0 atom stereocenters. The summed E-state index contributed by atoms with van der Waals surface area (Å²) in [5.74, 6) is -1.23. The Morgan fingerprint density at radius 3 is 2.42 bits per heavy atom. The molecular formula is C16H21F4N3O. The summed E-state index contributed by atoms with van der Waals surface area (Å²) in [6, 6.07) is 6.64. The zero-order valence-corrected chi connectivity index (χ0v) is 13.3. The van der Waals surface area contributed by atoms with E-state index in [1.807, 2.05) is 4.90 Å². The molecule has 0 radical (unpaired) electrons. The Morgan fingerprint density at radius 2 is 1.79 bits per heavy atom. The van der Waals surface area contributed by atoms with Crippen LogP contribution in [0.3, 0.4) is 0 Å². The summed E-state index contributed by atoms with van der Waals surface area (Å²) < 4.78 is 49.8. The van der Waals surface area contributed by atoms with Crippen molar-refractivity contribution >= 4 is 11.6 Å². The quantitative estimate of drug-likeness (QED) is 0.634. The Kier molecular flexibility index (Phi) is 6.42. The molecule has 134 valence electrons. The minimum atomic E-state index is -4.47. The van der Waals surface area contributed by atoms with Gasteiger partial charge in [-0.2, -0.15) is 13.2 Å². The van der Waals surface area contributed by atoms with Crippen LogP contribution in [0.1, 0.15) is 12.8 Å². The van der Waals surface area contributed by atoms with Gasteiger partial charge in [-0.05, 0) is 25.1 Å². The van der Waals surface area contributed by atoms with Gasteiger partial charge in [0.2, 0.25) is 5.91 Å². The number of nitrogens with one attached hydrogen (secondary N) is 1. The molecule has 1 amide bonds. The Hall–Kier alpha value is -1.83. The first-order valence-corrected chi connectivity index (χ1v) is 7.90. The molecule has 1 aromatic rings. The van der Waals surface area contributed by atoms with Crippen molar-refractivity contribution in [3.63, 3.8) is 0 Å². The van der Waals surface area contributed by atoms with E-state index in [-0.39, 0.29) is 12.4 Å². The maximum atomic E-state index is 13.7. The van der Waals surface area contributed by atoms with Crippen molar-refractivity contribution < 1.29 is 22.4 Å². The molecule has 1 aliphatic rings. The monoisotopic (exact) mass is 347 g/mol. The van der Waals surface area contributed by atoms with Gasteiger partial charge in [-0.3, -0.25) is 9.69 Å². The minimum Gasteiger partial charge on any atom is -0.367 e. The normalized spacial score (nSPS) is 16.2. The van der Waals surface area contributed by atoms with Crippen LogP contribution in [-0.2, 0) is 4.79 Å². The van der Waals surface area contributed by atoms with Crippen molar-refractivity contribution in [2.75, 3.05) is 44.2 Å². The molecule has 0 spiro atoms. The fourth-order valence-electron chi connectivity index (χ4n) is 2.70. The molecule has 8 heteroatoms. The number of para-hydroxylation sites is 1. The predicted molar refractivity (Wildman–Crippen MR) is 83.4 cm³/mol. The summed E-state index contributed by atoms with van der Waals surface area (Å²) in [6.07, 6.45) is -5.31. The summed E-state index contributed by atoms with van der Waals surface area (Å²) >= 11 is 0. The third-order valence-corrected chi connectivity index (χ3v) is 3.90. The Bertz CT molecular complexity index is 542. The van der Waals surface area contributed by atoms with Gasteiger partial charge in [-0.1, -0.05) is 12.1 Å². The molecule has 1 aromatic carbocycles. The summed E-state index contributed by atoms with van der Waals surface area (Å²) in [5.41, 5.74) is 0.594. The van der Waals surface area contributed by atoms with Crippen LogP contribution in [0.15, 0.2) is 24.3 Å². The van der Waals surface area contributed by atoms with Crippen LogP contribution in [-0.4, -0.2) is 56.3 Å². The predicted octanol–water partition coefficient (Wildman–Crippen LogP) is 2.41. The highest BCUT2D eigenvalue weighted by atomic mass is 19.4. The molecule has 1 aliphatic heterocycles. The van der Waals surface area contributed by atoms with Gasteiger partial charge in [-0.25, -0.2) is 4.39 Å². The van der Waals surface area contributed by atoms with Crippen molar-refractivity contribution in [3.05, 3.63) is 30.1 Å². The van der Waals surface area contributed by atoms with Gasteiger partial charge < -0.3 is 10.2 Å². The van der Waals surface area contributed by atoms with Gasteiger partial charge in [0, 0.05) is 32.7 Å². The number of amides is 1. The lowest BCUT2D eigenvalue weighted by Gasteiger charge is -2.36. The van der Waals surface area contributed by atoms with Gasteiger partial charge in [0.05, 0.1) is 5.69 Å². The average Bonchev–Trinajstić information content (AvgIpc) is 2.51. The standard InChI is InChI=1S/C16H21F4N3O/c17-13-4-1-2-5-14(13)23-10-8-22(9-11-23)7-3-6-21-15(24)12-16(18,19)20/h1-2,4-5H,3,6-12H2,(H,21,24). The van der Waals surface area contributed by atoms with Crippen LogP contribution in [0.5, 0.6) is 0 Å². The van der Waals surface area contributed by atoms with E-state index in [0.29, 0.717) is 31.7 Å². The Morgan fingerprint density at radius 1 is 1.12 bits per heavy atom. The SMILES string of the molecule is O=C(CC(F)(F)F)NCCCN1CCN(c2ccccc2F)CC1. The molecule has 2 rings (SSSR count). The molecule has 4 nitrogen and oxygen atoms in total. The van der Waals surface area contributed by atoms with Crippen molar-refractivity contribution in [2.45, 2.75) is 19.0 Å². The number of piperazine rings is 1. The molecule has 24 heavy (non-hydrogen) atoms. The molecule has 1 N–H and O–H groups in total. The zero-order valence-electron chi connectivity index (χ0n) is 13.3. The minimum absolute atomic E-state index is 0.225. The summed E-state index contributed by atoms with van der Waals surface area (Å²) in [4.78, 5) is 15.2. The summed E-state index contributed by atoms with van der Waals surface area (Å²) in [6.45, 7) is 3.82. The number of carbonyl (C=O) groups excluding carboxylic acids is 1. The molecular weight excluding hydrogens is 326 g/mol. The number of hydrogen-bond acceptors (Lipinski definition) is 3. The van der Waals surface area contributed by atoms with E-state index in [1.165, 1.54) is 6.07 Å². The first-order chi connectivity index (χ1) is 11.3.